The molecule has 3 rings (SSSR count). The first-order valence-electron chi connectivity index (χ1n) is 8.40. The van der Waals surface area contributed by atoms with Crippen molar-refractivity contribution in [2.75, 3.05) is 18.4 Å². The quantitative estimate of drug-likeness (QED) is 0.942. The van der Waals surface area contributed by atoms with Crippen LogP contribution < -0.4 is 5.32 Å². The Morgan fingerprint density at radius 2 is 1.86 bits per heavy atom. The van der Waals surface area contributed by atoms with E-state index in [0.717, 1.165) is 43.1 Å². The zero-order valence-electron chi connectivity index (χ0n) is 14.1. The molecule has 0 atom stereocenters. The summed E-state index contributed by atoms with van der Waals surface area (Å²) in [6.07, 6.45) is 4.35. The lowest BCUT2D eigenvalue weighted by Gasteiger charge is -2.33. The third-order valence-electron chi connectivity index (χ3n) is 4.43. The molecule has 2 aromatic rings. The Kier molecular flexibility index (Phi) is 4.34. The summed E-state index contributed by atoms with van der Waals surface area (Å²) in [5, 5.41) is 8.13. The smallest absolute Gasteiger partial charge is 0.155 e. The average Bonchev–Trinajstić information content (AvgIpc) is 2.90. The summed E-state index contributed by atoms with van der Waals surface area (Å²) in [4.78, 5) is 7.27. The minimum absolute atomic E-state index is 0.417. The highest BCUT2D eigenvalue weighted by atomic mass is 15.3. The van der Waals surface area contributed by atoms with Crippen molar-refractivity contribution in [3.63, 3.8) is 0 Å². The number of anilines is 1. The standard InChI is InChI=1S/C17H27N5/c1-12(2)18-15-5-6-16-19-17(20-22(16)11-15)14-7-9-21(10-8-14)13(3)4/h5-6,11-14,18H,7-10H2,1-4H3. The van der Waals surface area contributed by atoms with Gasteiger partial charge in [0.25, 0.3) is 0 Å². The van der Waals surface area contributed by atoms with Gasteiger partial charge in [0.05, 0.1) is 11.9 Å². The molecule has 22 heavy (non-hydrogen) atoms. The van der Waals surface area contributed by atoms with E-state index in [9.17, 15) is 0 Å². The number of nitrogens with zero attached hydrogens (tertiary/aromatic N) is 4. The molecule has 3 heterocycles. The van der Waals surface area contributed by atoms with Crippen molar-refractivity contribution >= 4 is 11.3 Å². The molecule has 2 aromatic heterocycles. The van der Waals surface area contributed by atoms with Crippen molar-refractivity contribution < 1.29 is 0 Å². The molecule has 5 nitrogen and oxygen atoms in total. The van der Waals surface area contributed by atoms with E-state index in [-0.39, 0.29) is 0 Å². The van der Waals surface area contributed by atoms with Crippen LogP contribution in [0, 0.1) is 0 Å². The number of rotatable bonds is 4. The van der Waals surface area contributed by atoms with E-state index < -0.39 is 0 Å². The van der Waals surface area contributed by atoms with Gasteiger partial charge in [0.1, 0.15) is 0 Å². The predicted molar refractivity (Wildman–Crippen MR) is 90.4 cm³/mol. The predicted octanol–water partition coefficient (Wildman–Crippen LogP) is 3.14. The van der Waals surface area contributed by atoms with Gasteiger partial charge in [-0.15, -0.1) is 0 Å². The second-order valence-electron chi connectivity index (χ2n) is 6.89. The molecule has 1 aliphatic heterocycles. The molecule has 1 N–H and O–H groups in total. The van der Waals surface area contributed by atoms with E-state index in [2.05, 4.69) is 44.0 Å². The molecule has 0 radical (unpaired) electrons. The molecule has 0 spiro atoms. The van der Waals surface area contributed by atoms with Crippen LogP contribution in [0.2, 0.25) is 0 Å². The number of nitrogens with one attached hydrogen (secondary N) is 1. The summed E-state index contributed by atoms with van der Waals surface area (Å²) in [7, 11) is 0. The highest BCUT2D eigenvalue weighted by molar-refractivity contribution is 5.49. The third-order valence-corrected chi connectivity index (χ3v) is 4.43. The van der Waals surface area contributed by atoms with Crippen molar-refractivity contribution in [3.05, 3.63) is 24.2 Å². The second kappa shape index (κ2) is 6.24. The second-order valence-corrected chi connectivity index (χ2v) is 6.89. The van der Waals surface area contributed by atoms with Gasteiger partial charge >= 0.3 is 0 Å². The van der Waals surface area contributed by atoms with E-state index in [4.69, 9.17) is 10.1 Å². The molecule has 1 fully saturated rings. The molecule has 0 unspecified atom stereocenters. The largest absolute Gasteiger partial charge is 0.382 e. The Hall–Kier alpha value is -1.62. The maximum atomic E-state index is 4.73. The normalized spacial score (nSPS) is 17.7. The molecule has 1 aliphatic rings. The number of piperidine rings is 1. The summed E-state index contributed by atoms with van der Waals surface area (Å²) >= 11 is 0. The van der Waals surface area contributed by atoms with Gasteiger partial charge < -0.3 is 10.2 Å². The molecule has 0 saturated carbocycles. The minimum atomic E-state index is 0.417. The van der Waals surface area contributed by atoms with E-state index in [1.165, 1.54) is 0 Å². The molecule has 5 heteroatoms. The van der Waals surface area contributed by atoms with E-state index in [1.54, 1.807) is 0 Å². The highest BCUT2D eigenvalue weighted by Gasteiger charge is 2.24. The van der Waals surface area contributed by atoms with Crippen molar-refractivity contribution in [1.82, 2.24) is 19.5 Å². The van der Waals surface area contributed by atoms with Crippen LogP contribution in [0.15, 0.2) is 18.3 Å². The molecule has 0 aliphatic carbocycles. The zero-order chi connectivity index (χ0) is 15.7. The molecular formula is C17H27N5. The Labute approximate surface area is 132 Å². The van der Waals surface area contributed by atoms with E-state index >= 15 is 0 Å². The van der Waals surface area contributed by atoms with Gasteiger partial charge in [-0.2, -0.15) is 5.10 Å². The van der Waals surface area contributed by atoms with Gasteiger partial charge in [-0.25, -0.2) is 9.50 Å². The summed E-state index contributed by atoms with van der Waals surface area (Å²) in [6.45, 7) is 11.1. The molecule has 0 bridgehead atoms. The first kappa shape index (κ1) is 15.3. The SMILES string of the molecule is CC(C)Nc1ccc2nc(C3CCN(C(C)C)CC3)nn2c1. The summed E-state index contributed by atoms with van der Waals surface area (Å²) < 4.78 is 1.91. The average molecular weight is 301 g/mol. The fraction of sp³-hybridized carbons (Fsp3) is 0.647. The maximum absolute atomic E-state index is 4.73. The minimum Gasteiger partial charge on any atom is -0.382 e. The number of aromatic nitrogens is 3. The topological polar surface area (TPSA) is 45.5 Å². The van der Waals surface area contributed by atoms with Crippen molar-refractivity contribution in [2.45, 2.75) is 58.5 Å². The number of pyridine rings is 1. The Morgan fingerprint density at radius 3 is 2.50 bits per heavy atom. The summed E-state index contributed by atoms with van der Waals surface area (Å²) in [6, 6.07) is 5.18. The molecule has 0 amide bonds. The zero-order valence-corrected chi connectivity index (χ0v) is 14.1. The lowest BCUT2D eigenvalue weighted by atomic mass is 9.95. The molecular weight excluding hydrogens is 274 g/mol. The fourth-order valence-electron chi connectivity index (χ4n) is 3.17. The first-order chi connectivity index (χ1) is 10.5. The van der Waals surface area contributed by atoms with Gasteiger partial charge in [0, 0.05) is 18.0 Å². The first-order valence-corrected chi connectivity index (χ1v) is 8.40. The fourth-order valence-corrected chi connectivity index (χ4v) is 3.17. The third kappa shape index (κ3) is 3.24. The molecule has 120 valence electrons. The van der Waals surface area contributed by atoms with E-state index in [0.29, 0.717) is 18.0 Å². The molecule has 1 saturated heterocycles. The van der Waals surface area contributed by atoms with Crippen LogP contribution in [-0.2, 0) is 0 Å². The van der Waals surface area contributed by atoms with Crippen LogP contribution in [0.3, 0.4) is 0 Å². The van der Waals surface area contributed by atoms with Crippen LogP contribution in [0.5, 0.6) is 0 Å². The van der Waals surface area contributed by atoms with E-state index in [1.807, 2.05) is 16.8 Å². The number of hydrogen-bond acceptors (Lipinski definition) is 4. The van der Waals surface area contributed by atoms with Crippen LogP contribution in [0.4, 0.5) is 5.69 Å². The highest BCUT2D eigenvalue weighted by Crippen LogP contribution is 2.27. The lowest BCUT2D eigenvalue weighted by molar-refractivity contribution is 0.169. The Balaban J connectivity index is 1.75. The van der Waals surface area contributed by atoms with Crippen molar-refractivity contribution in [1.29, 1.82) is 0 Å². The summed E-state index contributed by atoms with van der Waals surface area (Å²) in [5.41, 5.74) is 2.03. The van der Waals surface area contributed by atoms with Crippen LogP contribution in [-0.4, -0.2) is 44.7 Å². The molecule has 0 aromatic carbocycles. The van der Waals surface area contributed by atoms with Gasteiger partial charge in [-0.3, -0.25) is 0 Å². The Bertz CT molecular complexity index is 623. The maximum Gasteiger partial charge on any atom is 0.155 e. The Morgan fingerprint density at radius 1 is 1.14 bits per heavy atom. The number of hydrogen-bond donors (Lipinski definition) is 1. The van der Waals surface area contributed by atoms with Gasteiger partial charge in [0.15, 0.2) is 11.5 Å². The van der Waals surface area contributed by atoms with Crippen LogP contribution in [0.1, 0.15) is 52.3 Å². The lowest BCUT2D eigenvalue weighted by Crippen LogP contribution is -2.38. The van der Waals surface area contributed by atoms with Crippen LogP contribution >= 0.6 is 0 Å². The van der Waals surface area contributed by atoms with Crippen molar-refractivity contribution in [3.8, 4) is 0 Å². The van der Waals surface area contributed by atoms with Crippen LogP contribution in [0.25, 0.3) is 5.65 Å². The monoisotopic (exact) mass is 301 g/mol. The van der Waals surface area contributed by atoms with Crippen molar-refractivity contribution in [2.24, 2.45) is 0 Å². The van der Waals surface area contributed by atoms with Gasteiger partial charge in [-0.05, 0) is 65.8 Å². The number of likely N-dealkylation sites (tertiary alicyclic amines) is 1. The summed E-state index contributed by atoms with van der Waals surface area (Å²) in [5.74, 6) is 1.50. The van der Waals surface area contributed by atoms with Gasteiger partial charge in [-0.1, -0.05) is 0 Å². The number of fused-ring (bicyclic) bond motifs is 1. The van der Waals surface area contributed by atoms with Gasteiger partial charge in [0.2, 0.25) is 0 Å².